The van der Waals surface area contributed by atoms with Crippen molar-refractivity contribution in [3.8, 4) is 0 Å². The number of carbonyl (C=O) groups excluding carboxylic acids is 1. The number of aromatic nitrogens is 2. The fourth-order valence-electron chi connectivity index (χ4n) is 3.19. The highest BCUT2D eigenvalue weighted by atomic mass is 16.2. The van der Waals surface area contributed by atoms with Crippen molar-refractivity contribution in [2.45, 2.75) is 19.9 Å². The number of hydrogen-bond donors (Lipinski definition) is 0. The molecule has 0 spiro atoms. The van der Waals surface area contributed by atoms with Gasteiger partial charge in [0, 0.05) is 45.1 Å². The number of hydrogen-bond acceptors (Lipinski definition) is 5. The maximum Gasteiger partial charge on any atom is 0.236 e. The van der Waals surface area contributed by atoms with E-state index in [1.165, 1.54) is 11.1 Å². The molecule has 0 atom stereocenters. The summed E-state index contributed by atoms with van der Waals surface area (Å²) in [4.78, 5) is 27.3. The summed E-state index contributed by atoms with van der Waals surface area (Å²) in [6.45, 7) is 6.37. The first-order valence-electron chi connectivity index (χ1n) is 9.22. The molecule has 1 saturated heterocycles. The fourth-order valence-corrected chi connectivity index (χ4v) is 3.19. The highest BCUT2D eigenvalue weighted by Gasteiger charge is 2.23. The number of rotatable bonds is 6. The summed E-state index contributed by atoms with van der Waals surface area (Å²) in [5.74, 6) is 0.929. The van der Waals surface area contributed by atoms with Crippen LogP contribution in [0.3, 0.4) is 0 Å². The fraction of sp³-hybridized carbons (Fsp3) is 0.450. The molecule has 1 aliphatic rings. The van der Waals surface area contributed by atoms with Crippen LogP contribution >= 0.6 is 0 Å². The van der Waals surface area contributed by atoms with E-state index in [-0.39, 0.29) is 5.91 Å². The van der Waals surface area contributed by atoms with Gasteiger partial charge in [-0.25, -0.2) is 9.97 Å². The second kappa shape index (κ2) is 8.76. The molecule has 3 rings (SSSR count). The van der Waals surface area contributed by atoms with Crippen LogP contribution in [-0.2, 0) is 17.8 Å². The molecule has 6 heteroatoms. The standard InChI is InChI=1S/C20H27N5O/c1-3-17-5-7-18(8-6-17)15-23(2)16-19(26)24-11-13-25(14-12-24)20-21-9-4-10-22-20/h4-10H,3,11-16H2,1-2H3. The highest BCUT2D eigenvalue weighted by Crippen LogP contribution is 2.11. The smallest absolute Gasteiger partial charge is 0.236 e. The van der Waals surface area contributed by atoms with Gasteiger partial charge in [0.1, 0.15) is 0 Å². The SMILES string of the molecule is CCc1ccc(CN(C)CC(=O)N2CCN(c3ncccn3)CC2)cc1. The topological polar surface area (TPSA) is 52.6 Å². The van der Waals surface area contributed by atoms with Gasteiger partial charge in [-0.1, -0.05) is 31.2 Å². The highest BCUT2D eigenvalue weighted by molar-refractivity contribution is 5.78. The third-order valence-corrected chi connectivity index (χ3v) is 4.76. The summed E-state index contributed by atoms with van der Waals surface area (Å²) < 4.78 is 0. The molecule has 138 valence electrons. The van der Waals surface area contributed by atoms with E-state index in [9.17, 15) is 4.79 Å². The second-order valence-electron chi connectivity index (χ2n) is 6.76. The summed E-state index contributed by atoms with van der Waals surface area (Å²) in [6.07, 6.45) is 4.55. The maximum atomic E-state index is 12.6. The van der Waals surface area contributed by atoms with Gasteiger partial charge in [-0.3, -0.25) is 9.69 Å². The Bertz CT molecular complexity index is 696. The summed E-state index contributed by atoms with van der Waals surface area (Å²) >= 11 is 0. The first-order chi connectivity index (χ1) is 12.7. The summed E-state index contributed by atoms with van der Waals surface area (Å²) in [5, 5.41) is 0. The molecular formula is C20H27N5O. The Labute approximate surface area is 155 Å². The lowest BCUT2D eigenvalue weighted by molar-refractivity contribution is -0.132. The van der Waals surface area contributed by atoms with Gasteiger partial charge in [0.05, 0.1) is 6.54 Å². The molecule has 26 heavy (non-hydrogen) atoms. The molecule has 1 aromatic carbocycles. The monoisotopic (exact) mass is 353 g/mol. The number of carbonyl (C=O) groups is 1. The molecule has 0 unspecified atom stereocenters. The van der Waals surface area contributed by atoms with E-state index < -0.39 is 0 Å². The number of likely N-dealkylation sites (N-methyl/N-ethyl adjacent to an activating group) is 1. The van der Waals surface area contributed by atoms with E-state index in [0.29, 0.717) is 6.54 Å². The third-order valence-electron chi connectivity index (χ3n) is 4.76. The zero-order chi connectivity index (χ0) is 18.4. The minimum Gasteiger partial charge on any atom is -0.338 e. The largest absolute Gasteiger partial charge is 0.338 e. The lowest BCUT2D eigenvalue weighted by atomic mass is 10.1. The van der Waals surface area contributed by atoms with E-state index in [4.69, 9.17) is 0 Å². The molecular weight excluding hydrogens is 326 g/mol. The molecule has 1 aliphatic heterocycles. The Morgan fingerprint density at radius 2 is 1.65 bits per heavy atom. The molecule has 1 amide bonds. The van der Waals surface area contributed by atoms with Gasteiger partial charge in [-0.2, -0.15) is 0 Å². The van der Waals surface area contributed by atoms with E-state index >= 15 is 0 Å². The lowest BCUT2D eigenvalue weighted by Gasteiger charge is -2.35. The number of amides is 1. The molecule has 0 saturated carbocycles. The molecule has 0 N–H and O–H groups in total. The van der Waals surface area contributed by atoms with E-state index in [2.05, 4.69) is 51.0 Å². The van der Waals surface area contributed by atoms with Crippen molar-refractivity contribution >= 4 is 11.9 Å². The number of aryl methyl sites for hydroxylation is 1. The Hall–Kier alpha value is -2.47. The first-order valence-corrected chi connectivity index (χ1v) is 9.22. The first kappa shape index (κ1) is 18.3. The van der Waals surface area contributed by atoms with Gasteiger partial charge in [-0.15, -0.1) is 0 Å². The number of piperazine rings is 1. The van der Waals surface area contributed by atoms with Crippen LogP contribution in [0.15, 0.2) is 42.7 Å². The quantitative estimate of drug-likeness (QED) is 0.793. The normalized spacial score (nSPS) is 14.7. The molecule has 2 heterocycles. The van der Waals surface area contributed by atoms with Crippen molar-refractivity contribution in [1.82, 2.24) is 19.8 Å². The summed E-state index contributed by atoms with van der Waals surface area (Å²) in [5.41, 5.74) is 2.58. The van der Waals surface area contributed by atoms with Crippen molar-refractivity contribution in [3.05, 3.63) is 53.9 Å². The predicted molar refractivity (Wildman–Crippen MR) is 103 cm³/mol. The van der Waals surface area contributed by atoms with Crippen LogP contribution in [0, 0.1) is 0 Å². The summed E-state index contributed by atoms with van der Waals surface area (Å²) in [6, 6.07) is 10.4. The number of benzene rings is 1. The van der Waals surface area contributed by atoms with Crippen LogP contribution in [0.1, 0.15) is 18.1 Å². The van der Waals surface area contributed by atoms with Crippen molar-refractivity contribution in [2.75, 3.05) is 44.7 Å². The number of anilines is 1. The maximum absolute atomic E-state index is 12.6. The summed E-state index contributed by atoms with van der Waals surface area (Å²) in [7, 11) is 2.00. The lowest BCUT2D eigenvalue weighted by Crippen LogP contribution is -2.51. The van der Waals surface area contributed by atoms with E-state index in [0.717, 1.165) is 45.1 Å². The van der Waals surface area contributed by atoms with Gasteiger partial charge >= 0.3 is 0 Å². The van der Waals surface area contributed by atoms with Gasteiger partial charge < -0.3 is 9.80 Å². The second-order valence-corrected chi connectivity index (χ2v) is 6.76. The Kier molecular flexibility index (Phi) is 6.17. The predicted octanol–water partition coefficient (Wildman–Crippen LogP) is 1.82. The Morgan fingerprint density at radius 3 is 2.27 bits per heavy atom. The number of nitrogens with zero attached hydrogens (tertiary/aromatic N) is 5. The van der Waals surface area contributed by atoms with E-state index in [1.54, 1.807) is 12.4 Å². The molecule has 0 bridgehead atoms. The molecule has 0 aliphatic carbocycles. The van der Waals surface area contributed by atoms with Crippen LogP contribution < -0.4 is 4.90 Å². The van der Waals surface area contributed by atoms with Crippen LogP contribution in [0.25, 0.3) is 0 Å². The van der Waals surface area contributed by atoms with Gasteiger partial charge in [0.25, 0.3) is 0 Å². The van der Waals surface area contributed by atoms with Crippen molar-refractivity contribution in [3.63, 3.8) is 0 Å². The minimum atomic E-state index is 0.186. The molecule has 1 aromatic heterocycles. The third kappa shape index (κ3) is 4.79. The van der Waals surface area contributed by atoms with Crippen LogP contribution in [0.4, 0.5) is 5.95 Å². The van der Waals surface area contributed by atoms with Gasteiger partial charge in [0.15, 0.2) is 0 Å². The molecule has 1 fully saturated rings. The Morgan fingerprint density at radius 1 is 1.04 bits per heavy atom. The molecule has 2 aromatic rings. The van der Waals surface area contributed by atoms with Crippen LogP contribution in [0.2, 0.25) is 0 Å². The average Bonchev–Trinajstić information content (AvgIpc) is 2.69. The molecule has 0 radical (unpaired) electrons. The zero-order valence-corrected chi connectivity index (χ0v) is 15.6. The van der Waals surface area contributed by atoms with Crippen LogP contribution in [0.5, 0.6) is 0 Å². The Balaban J connectivity index is 1.46. The van der Waals surface area contributed by atoms with Crippen LogP contribution in [-0.4, -0.2) is 65.4 Å². The van der Waals surface area contributed by atoms with Crippen molar-refractivity contribution in [1.29, 1.82) is 0 Å². The van der Waals surface area contributed by atoms with E-state index in [1.807, 2.05) is 18.0 Å². The molecule has 6 nitrogen and oxygen atoms in total. The van der Waals surface area contributed by atoms with Crippen molar-refractivity contribution in [2.24, 2.45) is 0 Å². The van der Waals surface area contributed by atoms with Crippen molar-refractivity contribution < 1.29 is 4.79 Å². The minimum absolute atomic E-state index is 0.186. The zero-order valence-electron chi connectivity index (χ0n) is 15.6. The average molecular weight is 353 g/mol. The van der Waals surface area contributed by atoms with Gasteiger partial charge in [-0.05, 0) is 30.7 Å². The van der Waals surface area contributed by atoms with Gasteiger partial charge in [0.2, 0.25) is 11.9 Å².